The second-order valence-electron chi connectivity index (χ2n) is 7.10. The molecule has 2 aromatic rings. The molecule has 0 saturated carbocycles. The van der Waals surface area contributed by atoms with Crippen molar-refractivity contribution in [1.82, 2.24) is 0 Å². The minimum atomic E-state index is -0.449. The maximum absolute atomic E-state index is 10.1. The third kappa shape index (κ3) is 5.11. The Kier molecular flexibility index (Phi) is 6.93. The van der Waals surface area contributed by atoms with Crippen LogP contribution in [0.25, 0.3) is 0 Å². The van der Waals surface area contributed by atoms with Gasteiger partial charge in [0.25, 0.3) is 0 Å². The average molecular weight is 435 g/mol. The van der Waals surface area contributed by atoms with Crippen molar-refractivity contribution in [3.8, 4) is 5.75 Å². The molecular formula is C22H27BrO4. The molecule has 1 saturated heterocycles. The standard InChI is InChI=1S/C22H27BrO4/c1-3-26-19-6-4-15(5-7-19)8-16-9-17(10-21(23)14(16)2)22-12-18(25)11-20(13-24)27-22/h4-7,9-10,18,20,22,24-25H,3,8,11-13H2,1-2H3. The maximum atomic E-state index is 10.1. The first-order valence-corrected chi connectivity index (χ1v) is 10.2. The van der Waals surface area contributed by atoms with Crippen molar-refractivity contribution in [2.24, 2.45) is 0 Å². The molecule has 0 aliphatic carbocycles. The van der Waals surface area contributed by atoms with Gasteiger partial charge < -0.3 is 19.7 Å². The highest BCUT2D eigenvalue weighted by Crippen LogP contribution is 2.35. The van der Waals surface area contributed by atoms with Crippen LogP contribution in [-0.4, -0.2) is 35.6 Å². The van der Waals surface area contributed by atoms with Gasteiger partial charge in [0.2, 0.25) is 0 Å². The number of aliphatic hydroxyl groups is 2. The summed E-state index contributed by atoms with van der Waals surface area (Å²) >= 11 is 3.67. The Hall–Kier alpha value is -1.40. The molecular weight excluding hydrogens is 408 g/mol. The minimum Gasteiger partial charge on any atom is -0.494 e. The fourth-order valence-corrected chi connectivity index (χ4v) is 4.06. The smallest absolute Gasteiger partial charge is 0.119 e. The van der Waals surface area contributed by atoms with Crippen LogP contribution in [0.3, 0.4) is 0 Å². The lowest BCUT2D eigenvalue weighted by Crippen LogP contribution is -2.33. The van der Waals surface area contributed by atoms with E-state index in [1.807, 2.05) is 19.1 Å². The number of rotatable bonds is 6. The van der Waals surface area contributed by atoms with E-state index in [0.29, 0.717) is 19.4 Å². The van der Waals surface area contributed by atoms with Gasteiger partial charge in [0.1, 0.15) is 5.75 Å². The Morgan fingerprint density at radius 2 is 1.93 bits per heavy atom. The summed E-state index contributed by atoms with van der Waals surface area (Å²) in [5.74, 6) is 0.882. The Balaban J connectivity index is 1.83. The van der Waals surface area contributed by atoms with Gasteiger partial charge in [-0.25, -0.2) is 0 Å². The quantitative estimate of drug-likeness (QED) is 0.710. The van der Waals surface area contributed by atoms with Crippen molar-refractivity contribution in [3.05, 3.63) is 63.1 Å². The molecule has 0 spiro atoms. The Labute approximate surface area is 169 Å². The predicted octanol–water partition coefficient (Wildman–Crippen LogP) is 4.32. The van der Waals surface area contributed by atoms with E-state index in [1.165, 1.54) is 16.7 Å². The lowest BCUT2D eigenvalue weighted by Gasteiger charge is -2.33. The minimum absolute atomic E-state index is 0.0698. The molecule has 1 aliphatic rings. The molecule has 1 aliphatic heterocycles. The Bertz CT molecular complexity index is 760. The van der Waals surface area contributed by atoms with E-state index in [2.05, 4.69) is 47.1 Å². The summed E-state index contributed by atoms with van der Waals surface area (Å²) in [6, 6.07) is 12.4. The number of hydrogen-bond donors (Lipinski definition) is 2. The zero-order chi connectivity index (χ0) is 19.4. The molecule has 0 radical (unpaired) electrons. The van der Waals surface area contributed by atoms with E-state index in [0.717, 1.165) is 22.2 Å². The molecule has 3 atom stereocenters. The second kappa shape index (κ2) is 9.20. The van der Waals surface area contributed by atoms with Crippen LogP contribution < -0.4 is 4.74 Å². The molecule has 2 N–H and O–H groups in total. The summed E-state index contributed by atoms with van der Waals surface area (Å²) < 4.78 is 12.5. The van der Waals surface area contributed by atoms with Crippen molar-refractivity contribution >= 4 is 15.9 Å². The zero-order valence-electron chi connectivity index (χ0n) is 15.8. The average Bonchev–Trinajstić information content (AvgIpc) is 2.66. The number of benzene rings is 2. The molecule has 3 unspecified atom stereocenters. The van der Waals surface area contributed by atoms with Gasteiger partial charge in [-0.05, 0) is 60.7 Å². The van der Waals surface area contributed by atoms with Crippen molar-refractivity contribution in [2.45, 2.75) is 51.4 Å². The molecule has 3 rings (SSSR count). The molecule has 0 amide bonds. The molecule has 1 heterocycles. The largest absolute Gasteiger partial charge is 0.494 e. The third-order valence-electron chi connectivity index (χ3n) is 5.06. The Morgan fingerprint density at radius 3 is 2.59 bits per heavy atom. The van der Waals surface area contributed by atoms with Gasteiger partial charge in [-0.3, -0.25) is 0 Å². The second-order valence-corrected chi connectivity index (χ2v) is 7.95. The van der Waals surface area contributed by atoms with Gasteiger partial charge in [-0.2, -0.15) is 0 Å². The fourth-order valence-electron chi connectivity index (χ4n) is 3.54. The first-order valence-electron chi connectivity index (χ1n) is 9.45. The van der Waals surface area contributed by atoms with E-state index < -0.39 is 6.10 Å². The van der Waals surface area contributed by atoms with Crippen LogP contribution in [0.15, 0.2) is 40.9 Å². The molecule has 5 heteroatoms. The van der Waals surface area contributed by atoms with Gasteiger partial charge in [0.05, 0.1) is 31.5 Å². The normalized spacial score (nSPS) is 22.6. The van der Waals surface area contributed by atoms with E-state index in [4.69, 9.17) is 9.47 Å². The van der Waals surface area contributed by atoms with Gasteiger partial charge in [-0.15, -0.1) is 0 Å². The number of hydrogen-bond acceptors (Lipinski definition) is 4. The van der Waals surface area contributed by atoms with E-state index >= 15 is 0 Å². The summed E-state index contributed by atoms with van der Waals surface area (Å²) in [6.07, 6.45) is 0.877. The topological polar surface area (TPSA) is 58.9 Å². The zero-order valence-corrected chi connectivity index (χ0v) is 17.4. The highest BCUT2D eigenvalue weighted by molar-refractivity contribution is 9.10. The fraction of sp³-hybridized carbons (Fsp3) is 0.455. The monoisotopic (exact) mass is 434 g/mol. The number of aliphatic hydroxyl groups excluding tert-OH is 2. The van der Waals surface area contributed by atoms with Crippen molar-refractivity contribution in [3.63, 3.8) is 0 Å². The van der Waals surface area contributed by atoms with E-state index in [1.54, 1.807) is 0 Å². The molecule has 146 valence electrons. The van der Waals surface area contributed by atoms with Gasteiger partial charge in [0.15, 0.2) is 0 Å². The van der Waals surface area contributed by atoms with Gasteiger partial charge in [-0.1, -0.05) is 34.1 Å². The van der Waals surface area contributed by atoms with Crippen LogP contribution in [0.5, 0.6) is 5.75 Å². The van der Waals surface area contributed by atoms with Crippen LogP contribution in [0.4, 0.5) is 0 Å². The molecule has 27 heavy (non-hydrogen) atoms. The summed E-state index contributed by atoms with van der Waals surface area (Å²) in [7, 11) is 0. The van der Waals surface area contributed by atoms with Crippen LogP contribution in [-0.2, 0) is 11.2 Å². The highest BCUT2D eigenvalue weighted by Gasteiger charge is 2.29. The Morgan fingerprint density at radius 1 is 1.19 bits per heavy atom. The van der Waals surface area contributed by atoms with Gasteiger partial charge >= 0.3 is 0 Å². The van der Waals surface area contributed by atoms with Gasteiger partial charge in [0, 0.05) is 17.3 Å². The lowest BCUT2D eigenvalue weighted by molar-refractivity contribution is -0.113. The van der Waals surface area contributed by atoms with Crippen molar-refractivity contribution < 1.29 is 19.7 Å². The molecule has 0 bridgehead atoms. The SMILES string of the molecule is CCOc1ccc(Cc2cc(C3CC(O)CC(CO)O3)cc(Br)c2C)cc1. The summed E-state index contributed by atoms with van der Waals surface area (Å²) in [4.78, 5) is 0. The number of halogens is 1. The molecule has 0 aromatic heterocycles. The highest BCUT2D eigenvalue weighted by atomic mass is 79.9. The van der Waals surface area contributed by atoms with E-state index in [-0.39, 0.29) is 18.8 Å². The summed E-state index contributed by atoms with van der Waals surface area (Å²) in [5, 5.41) is 19.6. The van der Waals surface area contributed by atoms with E-state index in [9.17, 15) is 10.2 Å². The first-order chi connectivity index (χ1) is 13.0. The molecule has 1 fully saturated rings. The summed E-state index contributed by atoms with van der Waals surface area (Å²) in [5.41, 5.74) is 4.66. The van der Waals surface area contributed by atoms with Crippen LogP contribution in [0.2, 0.25) is 0 Å². The molecule has 2 aromatic carbocycles. The van der Waals surface area contributed by atoms with Crippen molar-refractivity contribution in [2.75, 3.05) is 13.2 Å². The first kappa shape index (κ1) is 20.3. The summed E-state index contributed by atoms with van der Waals surface area (Å²) in [6.45, 7) is 4.67. The number of ether oxygens (including phenoxy) is 2. The lowest BCUT2D eigenvalue weighted by atomic mass is 9.92. The third-order valence-corrected chi connectivity index (χ3v) is 5.88. The van der Waals surface area contributed by atoms with Crippen LogP contribution in [0, 0.1) is 6.92 Å². The van der Waals surface area contributed by atoms with Crippen LogP contribution in [0.1, 0.15) is 48.1 Å². The molecule has 4 nitrogen and oxygen atoms in total. The van der Waals surface area contributed by atoms with Crippen LogP contribution >= 0.6 is 15.9 Å². The van der Waals surface area contributed by atoms with Crippen molar-refractivity contribution in [1.29, 1.82) is 0 Å². The predicted molar refractivity (Wildman–Crippen MR) is 109 cm³/mol. The maximum Gasteiger partial charge on any atom is 0.119 e.